The molecule has 0 saturated heterocycles. The van der Waals surface area contributed by atoms with Crippen LogP contribution in [0.25, 0.3) is 0 Å². The second-order valence-electron chi connectivity index (χ2n) is 5.99. The largest absolute Gasteiger partial charge is 0.313 e. The van der Waals surface area contributed by atoms with Gasteiger partial charge in [-0.25, -0.2) is 0 Å². The van der Waals surface area contributed by atoms with Gasteiger partial charge in [-0.3, -0.25) is 4.90 Å². The number of hydrogen-bond acceptors (Lipinski definition) is 2. The van der Waals surface area contributed by atoms with Gasteiger partial charge in [0.2, 0.25) is 0 Å². The average molecular weight is 256 g/mol. The first-order valence-corrected chi connectivity index (χ1v) is 8.01. The molecule has 0 aromatic carbocycles. The van der Waals surface area contributed by atoms with Gasteiger partial charge in [0.05, 0.1) is 0 Å². The molecule has 0 amide bonds. The van der Waals surface area contributed by atoms with E-state index in [9.17, 15) is 0 Å². The Balaban J connectivity index is 4.01. The smallest absolute Gasteiger partial charge is 0.0195 e. The Labute approximate surface area is 116 Å². The van der Waals surface area contributed by atoms with E-state index in [1.165, 1.54) is 38.6 Å². The predicted octanol–water partition coefficient (Wildman–Crippen LogP) is 4.05. The molecule has 2 nitrogen and oxygen atoms in total. The molecule has 0 radical (unpaired) electrons. The SMILES string of the molecule is CCCCCN(C(C)C)C(C)CNC(C)CCC. The van der Waals surface area contributed by atoms with E-state index in [0.717, 1.165) is 6.54 Å². The summed E-state index contributed by atoms with van der Waals surface area (Å²) in [5.41, 5.74) is 0. The second-order valence-corrected chi connectivity index (χ2v) is 5.99. The van der Waals surface area contributed by atoms with Crippen molar-refractivity contribution in [1.29, 1.82) is 0 Å². The van der Waals surface area contributed by atoms with Gasteiger partial charge >= 0.3 is 0 Å². The number of hydrogen-bond donors (Lipinski definition) is 1. The maximum Gasteiger partial charge on any atom is 0.0195 e. The van der Waals surface area contributed by atoms with Crippen LogP contribution in [-0.4, -0.2) is 36.1 Å². The summed E-state index contributed by atoms with van der Waals surface area (Å²) in [7, 11) is 0. The predicted molar refractivity (Wildman–Crippen MR) is 83.2 cm³/mol. The molecule has 2 unspecified atom stereocenters. The second kappa shape index (κ2) is 10.8. The Morgan fingerprint density at radius 3 is 2.11 bits per heavy atom. The van der Waals surface area contributed by atoms with Crippen molar-refractivity contribution in [2.75, 3.05) is 13.1 Å². The fraction of sp³-hybridized carbons (Fsp3) is 1.00. The molecule has 0 spiro atoms. The third kappa shape index (κ3) is 8.10. The summed E-state index contributed by atoms with van der Waals surface area (Å²) in [6.45, 7) is 16.2. The summed E-state index contributed by atoms with van der Waals surface area (Å²) in [4.78, 5) is 2.64. The van der Waals surface area contributed by atoms with Crippen LogP contribution in [0.1, 0.15) is 73.6 Å². The van der Waals surface area contributed by atoms with Gasteiger partial charge in [-0.05, 0) is 47.1 Å². The first-order chi connectivity index (χ1) is 8.52. The van der Waals surface area contributed by atoms with E-state index in [1.54, 1.807) is 0 Å². The molecule has 0 aromatic rings. The van der Waals surface area contributed by atoms with Gasteiger partial charge < -0.3 is 5.32 Å². The number of nitrogens with one attached hydrogen (secondary N) is 1. The lowest BCUT2D eigenvalue weighted by molar-refractivity contribution is 0.155. The minimum absolute atomic E-state index is 0.640. The lowest BCUT2D eigenvalue weighted by Crippen LogP contribution is -2.46. The zero-order valence-electron chi connectivity index (χ0n) is 13.6. The molecule has 0 aliphatic carbocycles. The topological polar surface area (TPSA) is 15.3 Å². The molecule has 2 atom stereocenters. The van der Waals surface area contributed by atoms with Gasteiger partial charge in [0.1, 0.15) is 0 Å². The fourth-order valence-electron chi connectivity index (χ4n) is 2.56. The molecule has 0 fully saturated rings. The van der Waals surface area contributed by atoms with E-state index in [1.807, 2.05) is 0 Å². The zero-order chi connectivity index (χ0) is 14.0. The molecule has 0 rings (SSSR count). The number of nitrogens with zero attached hydrogens (tertiary/aromatic N) is 1. The van der Waals surface area contributed by atoms with Crippen LogP contribution in [0.4, 0.5) is 0 Å². The summed E-state index contributed by atoms with van der Waals surface area (Å²) in [5.74, 6) is 0. The van der Waals surface area contributed by atoms with E-state index in [-0.39, 0.29) is 0 Å². The van der Waals surface area contributed by atoms with Crippen molar-refractivity contribution in [3.05, 3.63) is 0 Å². The molecule has 18 heavy (non-hydrogen) atoms. The highest BCUT2D eigenvalue weighted by Crippen LogP contribution is 2.08. The lowest BCUT2D eigenvalue weighted by Gasteiger charge is -2.33. The number of rotatable bonds is 11. The van der Waals surface area contributed by atoms with E-state index < -0.39 is 0 Å². The highest BCUT2D eigenvalue weighted by Gasteiger charge is 2.16. The van der Waals surface area contributed by atoms with E-state index in [2.05, 4.69) is 51.8 Å². The van der Waals surface area contributed by atoms with Gasteiger partial charge in [0, 0.05) is 24.7 Å². The first-order valence-electron chi connectivity index (χ1n) is 8.01. The number of unbranched alkanes of at least 4 members (excludes halogenated alkanes) is 2. The Morgan fingerprint density at radius 1 is 0.944 bits per heavy atom. The van der Waals surface area contributed by atoms with Crippen molar-refractivity contribution in [1.82, 2.24) is 10.2 Å². The van der Waals surface area contributed by atoms with Crippen LogP contribution < -0.4 is 5.32 Å². The van der Waals surface area contributed by atoms with E-state index >= 15 is 0 Å². The van der Waals surface area contributed by atoms with Crippen molar-refractivity contribution in [2.45, 2.75) is 91.8 Å². The lowest BCUT2D eigenvalue weighted by atomic mass is 10.1. The Bertz CT molecular complexity index is 180. The van der Waals surface area contributed by atoms with Crippen molar-refractivity contribution in [2.24, 2.45) is 0 Å². The zero-order valence-corrected chi connectivity index (χ0v) is 13.6. The summed E-state index contributed by atoms with van der Waals surface area (Å²) in [6, 6.07) is 1.95. The maximum absolute atomic E-state index is 3.67. The van der Waals surface area contributed by atoms with Gasteiger partial charge in [-0.15, -0.1) is 0 Å². The Kier molecular flexibility index (Phi) is 10.8. The highest BCUT2D eigenvalue weighted by atomic mass is 15.2. The monoisotopic (exact) mass is 256 g/mol. The van der Waals surface area contributed by atoms with Crippen molar-refractivity contribution in [3.8, 4) is 0 Å². The highest BCUT2D eigenvalue weighted by molar-refractivity contribution is 4.74. The van der Waals surface area contributed by atoms with Gasteiger partial charge in [0.25, 0.3) is 0 Å². The molecule has 2 heteroatoms. The van der Waals surface area contributed by atoms with Gasteiger partial charge in [-0.1, -0.05) is 33.1 Å². The third-order valence-electron chi connectivity index (χ3n) is 3.73. The molecule has 0 saturated carbocycles. The van der Waals surface area contributed by atoms with Crippen molar-refractivity contribution in [3.63, 3.8) is 0 Å². The summed E-state index contributed by atoms with van der Waals surface area (Å²) in [6.07, 6.45) is 6.56. The first kappa shape index (κ1) is 17.9. The molecular formula is C16H36N2. The summed E-state index contributed by atoms with van der Waals surface area (Å²) < 4.78 is 0. The summed E-state index contributed by atoms with van der Waals surface area (Å²) >= 11 is 0. The molecule has 0 bridgehead atoms. The normalized spacial score (nSPS) is 15.3. The molecule has 1 N–H and O–H groups in total. The molecule has 110 valence electrons. The van der Waals surface area contributed by atoms with Crippen molar-refractivity contribution < 1.29 is 0 Å². The van der Waals surface area contributed by atoms with Crippen LogP contribution in [0, 0.1) is 0 Å². The average Bonchev–Trinajstić information content (AvgIpc) is 2.31. The van der Waals surface area contributed by atoms with Crippen LogP contribution in [0.15, 0.2) is 0 Å². The standard InChI is InChI=1S/C16H36N2/c1-7-9-10-12-18(14(3)4)16(6)13-17-15(5)11-8-2/h14-17H,7-13H2,1-6H3. The fourth-order valence-corrected chi connectivity index (χ4v) is 2.56. The van der Waals surface area contributed by atoms with E-state index in [0.29, 0.717) is 18.1 Å². The molecular weight excluding hydrogens is 220 g/mol. The van der Waals surface area contributed by atoms with Gasteiger partial charge in [-0.2, -0.15) is 0 Å². The van der Waals surface area contributed by atoms with Crippen LogP contribution in [0.3, 0.4) is 0 Å². The van der Waals surface area contributed by atoms with Crippen molar-refractivity contribution >= 4 is 0 Å². The van der Waals surface area contributed by atoms with Crippen LogP contribution in [0.5, 0.6) is 0 Å². The molecule has 0 aliphatic heterocycles. The molecule has 0 aromatic heterocycles. The quantitative estimate of drug-likeness (QED) is 0.561. The van der Waals surface area contributed by atoms with Gasteiger partial charge in [0.15, 0.2) is 0 Å². The Hall–Kier alpha value is -0.0800. The molecule has 0 aliphatic rings. The minimum Gasteiger partial charge on any atom is -0.313 e. The Morgan fingerprint density at radius 2 is 1.61 bits per heavy atom. The maximum atomic E-state index is 3.67. The van der Waals surface area contributed by atoms with E-state index in [4.69, 9.17) is 0 Å². The minimum atomic E-state index is 0.640. The van der Waals surface area contributed by atoms with Crippen LogP contribution in [0.2, 0.25) is 0 Å². The summed E-state index contributed by atoms with van der Waals surface area (Å²) in [5, 5.41) is 3.67. The third-order valence-corrected chi connectivity index (χ3v) is 3.73. The van der Waals surface area contributed by atoms with Crippen LogP contribution >= 0.6 is 0 Å². The van der Waals surface area contributed by atoms with Crippen LogP contribution in [-0.2, 0) is 0 Å². The molecule has 0 heterocycles.